The van der Waals surface area contributed by atoms with Gasteiger partial charge < -0.3 is 5.32 Å². The van der Waals surface area contributed by atoms with Gasteiger partial charge in [-0.1, -0.05) is 12.2 Å². The average molecular weight is 123 g/mol. The Kier molecular flexibility index (Phi) is 6.59. The molecule has 0 spiro atoms. The maximum absolute atomic E-state index is 2.99. The lowest BCUT2D eigenvalue weighted by Crippen LogP contribution is -2.03. The molecular weight excluding hydrogens is 110 g/mol. The summed E-state index contributed by atoms with van der Waals surface area (Å²) in [6.45, 7) is 2.87. The van der Waals surface area contributed by atoms with Gasteiger partial charge in [0.1, 0.15) is 0 Å². The number of likely N-dealkylation sites (N-methyl/N-ethyl adjacent to an activating group) is 1. The molecule has 0 bridgehead atoms. The second kappa shape index (κ2) is 7.22. The molecule has 0 fully saturated rings. The summed E-state index contributed by atoms with van der Waals surface area (Å²) < 4.78 is 0. The van der Waals surface area contributed by atoms with Crippen molar-refractivity contribution in [3.05, 3.63) is 30.0 Å². The number of rotatable bonds is 3. The van der Waals surface area contributed by atoms with Crippen LogP contribution in [0.15, 0.2) is 30.0 Å². The van der Waals surface area contributed by atoms with Crippen LogP contribution < -0.4 is 5.32 Å². The Labute approximate surface area is 56.8 Å². The van der Waals surface area contributed by atoms with Gasteiger partial charge in [-0.25, -0.2) is 0 Å². The molecule has 0 radical (unpaired) electrons. The highest BCUT2D eigenvalue weighted by Gasteiger charge is 1.62. The maximum atomic E-state index is 2.99. The van der Waals surface area contributed by atoms with Gasteiger partial charge in [-0.05, 0) is 26.1 Å². The molecule has 0 saturated carbocycles. The molecule has 0 saturated heterocycles. The van der Waals surface area contributed by atoms with Gasteiger partial charge in [0.05, 0.1) is 0 Å². The molecule has 0 rings (SSSR count). The van der Waals surface area contributed by atoms with E-state index < -0.39 is 0 Å². The SMILES string of the molecule is CC=CC=C=CCNC. The predicted molar refractivity (Wildman–Crippen MR) is 41.4 cm³/mol. The van der Waals surface area contributed by atoms with Gasteiger partial charge in [-0.2, -0.15) is 0 Å². The summed E-state index contributed by atoms with van der Waals surface area (Å²) in [7, 11) is 1.91. The van der Waals surface area contributed by atoms with Crippen LogP contribution in [0.5, 0.6) is 0 Å². The molecular formula is C8H13N. The molecule has 0 unspecified atom stereocenters. The van der Waals surface area contributed by atoms with Gasteiger partial charge in [0.15, 0.2) is 0 Å². The minimum absolute atomic E-state index is 0.883. The third-order valence-corrected chi connectivity index (χ3v) is 0.809. The van der Waals surface area contributed by atoms with Gasteiger partial charge in [-0.3, -0.25) is 0 Å². The van der Waals surface area contributed by atoms with Crippen molar-refractivity contribution in [2.75, 3.05) is 13.6 Å². The Morgan fingerprint density at radius 2 is 2.33 bits per heavy atom. The Hall–Kier alpha value is -0.780. The van der Waals surface area contributed by atoms with E-state index in [-0.39, 0.29) is 0 Å². The summed E-state index contributed by atoms with van der Waals surface area (Å²) >= 11 is 0. The Balaban J connectivity index is 3.41. The number of hydrogen-bond acceptors (Lipinski definition) is 1. The lowest BCUT2D eigenvalue weighted by atomic mass is 10.5. The Bertz CT molecular complexity index is 128. The fourth-order valence-corrected chi connectivity index (χ4v) is 0.381. The normalized spacial score (nSPS) is 9.11. The van der Waals surface area contributed by atoms with E-state index in [9.17, 15) is 0 Å². The second-order valence-corrected chi connectivity index (χ2v) is 1.62. The summed E-state index contributed by atoms with van der Waals surface area (Å²) in [5.74, 6) is 0. The van der Waals surface area contributed by atoms with Gasteiger partial charge in [-0.15, -0.1) is 5.73 Å². The lowest BCUT2D eigenvalue weighted by Gasteiger charge is -1.80. The van der Waals surface area contributed by atoms with Crippen molar-refractivity contribution in [3.8, 4) is 0 Å². The Morgan fingerprint density at radius 1 is 1.56 bits per heavy atom. The zero-order chi connectivity index (χ0) is 6.95. The molecule has 1 nitrogen and oxygen atoms in total. The third-order valence-electron chi connectivity index (χ3n) is 0.809. The maximum Gasteiger partial charge on any atom is 0.0207 e. The van der Waals surface area contributed by atoms with Crippen molar-refractivity contribution < 1.29 is 0 Å². The van der Waals surface area contributed by atoms with Crippen LogP contribution in [0.2, 0.25) is 0 Å². The van der Waals surface area contributed by atoms with Crippen LogP contribution in [0.4, 0.5) is 0 Å². The van der Waals surface area contributed by atoms with Crippen molar-refractivity contribution in [1.29, 1.82) is 0 Å². The summed E-state index contributed by atoms with van der Waals surface area (Å²) in [6.07, 6.45) is 7.75. The Morgan fingerprint density at radius 3 is 2.89 bits per heavy atom. The second-order valence-electron chi connectivity index (χ2n) is 1.62. The van der Waals surface area contributed by atoms with Gasteiger partial charge >= 0.3 is 0 Å². The number of nitrogens with one attached hydrogen (secondary N) is 1. The van der Waals surface area contributed by atoms with E-state index in [1.807, 2.05) is 38.3 Å². The first kappa shape index (κ1) is 8.22. The standard InChI is InChI=1S/C8H13N/c1-3-4-5-6-7-8-9-2/h3-5,7,9H,8H2,1-2H3. The van der Waals surface area contributed by atoms with Crippen molar-refractivity contribution >= 4 is 0 Å². The van der Waals surface area contributed by atoms with E-state index in [1.165, 1.54) is 0 Å². The van der Waals surface area contributed by atoms with E-state index in [2.05, 4.69) is 11.0 Å². The topological polar surface area (TPSA) is 12.0 Å². The van der Waals surface area contributed by atoms with Crippen molar-refractivity contribution in [2.45, 2.75) is 6.92 Å². The molecule has 0 aromatic rings. The highest BCUT2D eigenvalue weighted by Crippen LogP contribution is 1.70. The first-order valence-corrected chi connectivity index (χ1v) is 3.08. The molecule has 0 aromatic carbocycles. The van der Waals surface area contributed by atoms with Crippen molar-refractivity contribution in [3.63, 3.8) is 0 Å². The first-order valence-electron chi connectivity index (χ1n) is 3.08. The smallest absolute Gasteiger partial charge is 0.0207 e. The molecule has 0 atom stereocenters. The van der Waals surface area contributed by atoms with E-state index in [0.29, 0.717) is 0 Å². The zero-order valence-electron chi connectivity index (χ0n) is 6.02. The summed E-state index contributed by atoms with van der Waals surface area (Å²) in [6, 6.07) is 0. The highest BCUT2D eigenvalue weighted by molar-refractivity contribution is 5.01. The average Bonchev–Trinajstić information content (AvgIpc) is 1.89. The highest BCUT2D eigenvalue weighted by atomic mass is 14.8. The largest absolute Gasteiger partial charge is 0.316 e. The number of hydrogen-bond donors (Lipinski definition) is 1. The zero-order valence-corrected chi connectivity index (χ0v) is 6.02. The quantitative estimate of drug-likeness (QED) is 0.443. The number of allylic oxidation sites excluding steroid dienone is 2. The summed E-state index contributed by atoms with van der Waals surface area (Å²) in [4.78, 5) is 0. The van der Waals surface area contributed by atoms with Gasteiger partial charge in [0.25, 0.3) is 0 Å². The molecule has 0 aliphatic carbocycles. The van der Waals surface area contributed by atoms with E-state index in [0.717, 1.165) is 6.54 Å². The lowest BCUT2D eigenvalue weighted by molar-refractivity contribution is 0.920. The predicted octanol–water partition coefficient (Wildman–Crippen LogP) is 1.49. The molecule has 0 aliphatic heterocycles. The van der Waals surface area contributed by atoms with E-state index in [4.69, 9.17) is 0 Å². The minimum Gasteiger partial charge on any atom is -0.316 e. The molecule has 50 valence electrons. The molecule has 1 N–H and O–H groups in total. The molecule has 0 aromatic heterocycles. The van der Waals surface area contributed by atoms with Crippen LogP contribution >= 0.6 is 0 Å². The van der Waals surface area contributed by atoms with Crippen LogP contribution in [0.1, 0.15) is 6.92 Å². The molecule has 0 amide bonds. The van der Waals surface area contributed by atoms with E-state index >= 15 is 0 Å². The van der Waals surface area contributed by atoms with Crippen LogP contribution in [-0.4, -0.2) is 13.6 Å². The van der Waals surface area contributed by atoms with Crippen LogP contribution in [0, 0.1) is 0 Å². The van der Waals surface area contributed by atoms with Crippen LogP contribution in [0.25, 0.3) is 0 Å². The van der Waals surface area contributed by atoms with Gasteiger partial charge in [0, 0.05) is 6.54 Å². The van der Waals surface area contributed by atoms with Crippen LogP contribution in [-0.2, 0) is 0 Å². The molecule has 1 heteroatoms. The summed E-state index contributed by atoms with van der Waals surface area (Å²) in [5, 5.41) is 2.98. The summed E-state index contributed by atoms with van der Waals surface area (Å²) in [5.41, 5.74) is 2.99. The monoisotopic (exact) mass is 123 g/mol. The van der Waals surface area contributed by atoms with E-state index in [1.54, 1.807) is 0 Å². The molecule has 9 heavy (non-hydrogen) atoms. The fourth-order valence-electron chi connectivity index (χ4n) is 0.381. The fraction of sp³-hybridized carbons (Fsp3) is 0.375. The first-order chi connectivity index (χ1) is 4.41. The molecule has 0 heterocycles. The van der Waals surface area contributed by atoms with Crippen molar-refractivity contribution in [2.24, 2.45) is 0 Å². The van der Waals surface area contributed by atoms with Crippen molar-refractivity contribution in [1.82, 2.24) is 5.32 Å². The van der Waals surface area contributed by atoms with Crippen LogP contribution in [0.3, 0.4) is 0 Å². The van der Waals surface area contributed by atoms with Gasteiger partial charge in [0.2, 0.25) is 0 Å². The third kappa shape index (κ3) is 7.22. The minimum atomic E-state index is 0.883. The molecule has 0 aliphatic rings.